The fourth-order valence-electron chi connectivity index (χ4n) is 13.3. The number of nitro benzene ring substituents is 2. The Morgan fingerprint density at radius 2 is 0.802 bits per heavy atom. The molecule has 0 aliphatic rings. The Hall–Kier alpha value is -16.5. The number of carbonyl (C=O) groups excluding carboxylic acids is 6. The van der Waals surface area contributed by atoms with Gasteiger partial charge in [0.15, 0.2) is 45.7 Å². The van der Waals surface area contributed by atoms with Gasteiger partial charge in [0.25, 0.3) is 11.4 Å². The van der Waals surface area contributed by atoms with Crippen LogP contribution in [0.4, 0.5) is 28.4 Å². The molecule has 0 N–H and O–H groups in total. The van der Waals surface area contributed by atoms with E-state index in [2.05, 4.69) is 0 Å². The Bertz CT molecular complexity index is 6650. The van der Waals surface area contributed by atoms with E-state index >= 15 is 0 Å². The molecule has 0 fully saturated rings. The lowest BCUT2D eigenvalue weighted by molar-refractivity contribution is -0.388. The number of hydrogen-bond donors (Lipinski definition) is 0. The van der Waals surface area contributed by atoms with Gasteiger partial charge in [-0.1, -0.05) is 30.3 Å². The molecule has 0 bridgehead atoms. The van der Waals surface area contributed by atoms with Gasteiger partial charge in [-0.25, -0.2) is 24.0 Å². The zero-order valence-corrected chi connectivity index (χ0v) is 74.0. The van der Waals surface area contributed by atoms with E-state index in [4.69, 9.17) is 88.4 Å². The zero-order valence-electron chi connectivity index (χ0n) is 74.0. The molecule has 43 nitrogen and oxygen atoms in total. The summed E-state index contributed by atoms with van der Waals surface area (Å²) in [5.74, 6) is -0.718. The number of nitro groups is 4. The van der Waals surface area contributed by atoms with Crippen LogP contribution in [0.1, 0.15) is 128 Å². The Morgan fingerprint density at radius 1 is 0.374 bits per heavy atom. The highest BCUT2D eigenvalue weighted by Crippen LogP contribution is 2.45. The fourth-order valence-corrected chi connectivity index (χ4v) is 13.3. The first kappa shape index (κ1) is 102. The molecule has 0 aliphatic carbocycles. The molecule has 0 saturated carbocycles. The summed E-state index contributed by atoms with van der Waals surface area (Å²) in [5, 5.41) is 48.2. The standard InChI is InChI=1S/C16H18N2O6.2C15H15NO8.C14H13NO4.2C14H14O6/c1-4-17(5-2)11-6-7-12-13(9-23-10(3)19)15(18(21)22)16(20)24-14(12)8-11;1-7(23-8(2)17)13-9-5-11(21-3)12(22-4)6-10(9)24-15(18)14(13)16(19)20;1-7(23-8(2)17)9-5-12(18)24-15-13(9)10(16(19)20)6-11(21-3)14(15)22-4;1-9(19-10(2)16)12-7-3-5-11-6-4-8-13(14(11)12)15(17)18;1-8(15)19-7-9-4-14(16)20-11-6-13(18-3)12(17-2)5-10(9)11;1-8(15)19-7-9-6-12(16)20-13-10(9)4-5-11(17-2)14(13)18-3/h6-8H,4-5,9H2,1-3H3;2*5-7H,1-4H3;3-9H,1-2H3;2*4-6H,7H2,1-3H3. The third kappa shape index (κ3) is 25.2. The Labute approximate surface area is 740 Å². The molecule has 0 amide bonds. The molecule has 7 aromatic carbocycles. The maximum Gasteiger partial charge on any atom is 0.415 e. The van der Waals surface area contributed by atoms with E-state index in [1.807, 2.05) is 18.7 Å². The summed E-state index contributed by atoms with van der Waals surface area (Å²) in [4.78, 5) is 170. The number of fused-ring (bicyclic) bond motifs is 6. The van der Waals surface area contributed by atoms with Gasteiger partial charge in [-0.2, -0.15) is 0 Å². The average Bonchev–Trinajstić information content (AvgIpc) is 0.757. The summed E-state index contributed by atoms with van der Waals surface area (Å²) < 4.78 is 96.7. The van der Waals surface area contributed by atoms with Crippen molar-refractivity contribution in [2.75, 3.05) is 74.9 Å². The van der Waals surface area contributed by atoms with E-state index in [1.54, 1.807) is 79.7 Å². The Morgan fingerprint density at radius 3 is 1.29 bits per heavy atom. The largest absolute Gasteiger partial charge is 0.493 e. The van der Waals surface area contributed by atoms with Crippen LogP contribution in [0.2, 0.25) is 0 Å². The number of esters is 6. The fraction of sp³-hybridized carbons (Fsp3) is 0.307. The highest BCUT2D eigenvalue weighted by Gasteiger charge is 2.33. The second-order valence-corrected chi connectivity index (χ2v) is 27.2. The highest BCUT2D eigenvalue weighted by atomic mass is 16.7. The predicted molar refractivity (Wildman–Crippen MR) is 466 cm³/mol. The maximum atomic E-state index is 12.0. The number of anilines is 1. The SMILES string of the molecule is CC(=O)OC(C)c1cccc2cccc([N+](=O)[O-])c12.CCN(CC)c1ccc2c(COC(C)=O)c([N+](=O)[O-])c(=O)oc2c1.COc1cc([N+](=O)[O-])c2c(C(C)OC(C)=O)cc(=O)oc2c1OC.COc1cc2oc(=O)c([N+](=O)[O-])c(C(C)OC(C)=O)c2cc1OC.COc1cc2oc(=O)cc(COC(C)=O)c2cc1OC.COc1ccc2c(COC(C)=O)cc(=O)oc2c1OC. The van der Waals surface area contributed by atoms with Crippen molar-refractivity contribution in [1.82, 2.24) is 0 Å². The topological polar surface area (TPSA) is 558 Å². The van der Waals surface area contributed by atoms with Gasteiger partial charge in [-0.3, -0.25) is 69.2 Å². The lowest BCUT2D eigenvalue weighted by Crippen LogP contribution is -2.21. The number of carbonyl (C=O) groups is 6. The number of rotatable bonds is 27. The number of non-ortho nitro benzene ring substituents is 2. The minimum atomic E-state index is -1.14. The molecule has 131 heavy (non-hydrogen) atoms. The van der Waals surface area contributed by atoms with Crippen molar-refractivity contribution in [3.63, 3.8) is 0 Å². The van der Waals surface area contributed by atoms with Crippen LogP contribution < -0.4 is 70.9 Å². The first-order valence-corrected chi connectivity index (χ1v) is 38.8. The maximum absolute atomic E-state index is 12.0. The van der Waals surface area contributed by atoms with Crippen molar-refractivity contribution in [2.45, 2.75) is 114 Å². The molecule has 12 aromatic rings. The second-order valence-electron chi connectivity index (χ2n) is 27.2. The van der Waals surface area contributed by atoms with Gasteiger partial charge in [-0.05, 0) is 76.4 Å². The van der Waals surface area contributed by atoms with Crippen molar-refractivity contribution in [2.24, 2.45) is 0 Å². The summed E-state index contributed by atoms with van der Waals surface area (Å²) >= 11 is 0. The number of nitrogens with zero attached hydrogens (tertiary/aromatic N) is 5. The third-order valence-corrected chi connectivity index (χ3v) is 18.8. The molecule has 5 heterocycles. The van der Waals surface area contributed by atoms with Crippen LogP contribution in [0.5, 0.6) is 46.0 Å². The average molecular weight is 1820 g/mol. The number of hydrogen-bond acceptors (Lipinski definition) is 39. The van der Waals surface area contributed by atoms with Gasteiger partial charge >= 0.3 is 75.3 Å². The molecule has 43 heteroatoms. The number of benzene rings is 7. The van der Waals surface area contributed by atoms with Crippen LogP contribution in [0.3, 0.4) is 0 Å². The quantitative estimate of drug-likeness (QED) is 0.0152. The number of methoxy groups -OCH3 is 8. The smallest absolute Gasteiger partial charge is 0.415 e. The van der Waals surface area contributed by atoms with Crippen molar-refractivity contribution in [1.29, 1.82) is 0 Å². The normalized spacial score (nSPS) is 11.2. The lowest BCUT2D eigenvalue weighted by Gasteiger charge is -2.21. The molecular weight excluding hydrogens is 1730 g/mol. The van der Waals surface area contributed by atoms with Gasteiger partial charge in [0.1, 0.15) is 60.3 Å². The van der Waals surface area contributed by atoms with E-state index in [0.29, 0.717) is 66.8 Å². The molecule has 3 unspecified atom stereocenters. The molecule has 0 spiro atoms. The van der Waals surface area contributed by atoms with E-state index in [0.717, 1.165) is 36.3 Å². The van der Waals surface area contributed by atoms with E-state index in [-0.39, 0.29) is 104 Å². The summed E-state index contributed by atoms with van der Waals surface area (Å²) in [7, 11) is 11.4. The Balaban J connectivity index is 0.000000215. The first-order valence-electron chi connectivity index (χ1n) is 38.8. The number of ether oxygens (including phenoxy) is 14. The molecule has 0 aliphatic heterocycles. The van der Waals surface area contributed by atoms with Crippen molar-refractivity contribution >= 4 is 130 Å². The lowest BCUT2D eigenvalue weighted by atomic mass is 9.99. The summed E-state index contributed by atoms with van der Waals surface area (Å²) in [6, 6.07) is 29.5. The third-order valence-electron chi connectivity index (χ3n) is 18.8. The zero-order chi connectivity index (χ0) is 97.3. The van der Waals surface area contributed by atoms with Gasteiger partial charge in [0.2, 0.25) is 11.5 Å². The van der Waals surface area contributed by atoms with Crippen LogP contribution >= 0.6 is 0 Å². The van der Waals surface area contributed by atoms with Gasteiger partial charge in [-0.15, -0.1) is 0 Å². The molecule has 0 radical (unpaired) electrons. The highest BCUT2D eigenvalue weighted by molar-refractivity contribution is 5.97. The van der Waals surface area contributed by atoms with Crippen LogP contribution in [0.25, 0.3) is 65.6 Å². The van der Waals surface area contributed by atoms with Crippen LogP contribution in [-0.2, 0) is 77.0 Å². The van der Waals surface area contributed by atoms with Crippen molar-refractivity contribution in [3.8, 4) is 46.0 Å². The van der Waals surface area contributed by atoms with Gasteiger partial charge in [0.05, 0.1) is 99.2 Å². The minimum Gasteiger partial charge on any atom is -0.493 e. The van der Waals surface area contributed by atoms with Gasteiger partial charge < -0.3 is 93.3 Å². The summed E-state index contributed by atoms with van der Waals surface area (Å²) in [6.07, 6.45) is -2.46. The minimum absolute atomic E-state index is 0.00556. The summed E-state index contributed by atoms with van der Waals surface area (Å²) in [5.41, 5.74) is -2.47. The van der Waals surface area contributed by atoms with E-state index < -0.39 is 113 Å². The van der Waals surface area contributed by atoms with Crippen LogP contribution in [0.15, 0.2) is 161 Å². The molecule has 5 aromatic heterocycles. The van der Waals surface area contributed by atoms with Crippen molar-refractivity contribution < 1.29 is 137 Å². The Kier molecular flexibility index (Phi) is 35.7. The van der Waals surface area contributed by atoms with Crippen LogP contribution in [-0.4, -0.2) is 125 Å². The molecule has 12 rings (SSSR count). The van der Waals surface area contributed by atoms with E-state index in [9.17, 15) is 93.2 Å². The summed E-state index contributed by atoms with van der Waals surface area (Å²) in [6.45, 7) is 17.2. The van der Waals surface area contributed by atoms with Crippen molar-refractivity contribution in [3.05, 3.63) is 241 Å². The first-order chi connectivity index (χ1) is 62.1. The molecule has 3 atom stereocenters. The van der Waals surface area contributed by atoms with Crippen LogP contribution in [0, 0.1) is 40.5 Å². The predicted octanol–water partition coefficient (Wildman–Crippen LogP) is 14.4. The second kappa shape index (κ2) is 46.1. The molecule has 0 saturated heterocycles. The van der Waals surface area contributed by atoms with Gasteiger partial charge in [0, 0.05) is 147 Å². The molecule has 694 valence electrons. The van der Waals surface area contributed by atoms with E-state index in [1.165, 1.54) is 143 Å². The molecular formula is C88H89N5O38. The monoisotopic (exact) mass is 1820 g/mol.